The van der Waals surface area contributed by atoms with Gasteiger partial charge in [-0.05, 0) is 18.4 Å². The van der Waals surface area contributed by atoms with E-state index in [9.17, 15) is 4.79 Å². The van der Waals surface area contributed by atoms with Gasteiger partial charge in [0.05, 0.1) is 6.61 Å². The van der Waals surface area contributed by atoms with Crippen molar-refractivity contribution >= 4 is 6.47 Å². The first-order chi connectivity index (χ1) is 6.93. The highest BCUT2D eigenvalue weighted by molar-refractivity contribution is 5.36. The van der Waals surface area contributed by atoms with Crippen molar-refractivity contribution in [3.8, 4) is 0 Å². The van der Waals surface area contributed by atoms with Gasteiger partial charge in [0.1, 0.15) is 0 Å². The van der Waals surface area contributed by atoms with Gasteiger partial charge in [0.25, 0.3) is 6.47 Å². The maximum atomic E-state index is 9.81. The van der Waals surface area contributed by atoms with Crippen LogP contribution in [-0.4, -0.2) is 13.1 Å². The van der Waals surface area contributed by atoms with Crippen molar-refractivity contribution in [2.45, 2.75) is 12.8 Å². The number of ether oxygens (including phenoxy) is 1. The SMILES string of the molecule is O=COCCC=CCc1ccccc1. The zero-order valence-corrected chi connectivity index (χ0v) is 8.06. The normalized spacial score (nSPS) is 10.3. The van der Waals surface area contributed by atoms with Gasteiger partial charge in [0.15, 0.2) is 0 Å². The fourth-order valence-corrected chi connectivity index (χ4v) is 1.14. The van der Waals surface area contributed by atoms with E-state index in [4.69, 9.17) is 0 Å². The van der Waals surface area contributed by atoms with E-state index in [2.05, 4.69) is 22.9 Å². The first-order valence-electron chi connectivity index (χ1n) is 4.67. The molecule has 0 aromatic heterocycles. The van der Waals surface area contributed by atoms with Crippen molar-refractivity contribution in [1.29, 1.82) is 0 Å². The lowest BCUT2D eigenvalue weighted by atomic mass is 10.1. The minimum absolute atomic E-state index is 0.467. The molecule has 0 atom stereocenters. The highest BCUT2D eigenvalue weighted by atomic mass is 16.5. The molecule has 0 bridgehead atoms. The fraction of sp³-hybridized carbons (Fsp3) is 0.250. The fourth-order valence-electron chi connectivity index (χ4n) is 1.14. The van der Waals surface area contributed by atoms with E-state index in [1.54, 1.807) is 0 Å². The van der Waals surface area contributed by atoms with Gasteiger partial charge in [-0.15, -0.1) is 0 Å². The maximum absolute atomic E-state index is 9.81. The zero-order chi connectivity index (χ0) is 10.1. The Morgan fingerprint density at radius 3 is 2.64 bits per heavy atom. The topological polar surface area (TPSA) is 26.3 Å². The highest BCUT2D eigenvalue weighted by Crippen LogP contribution is 2.00. The van der Waals surface area contributed by atoms with E-state index in [1.807, 2.05) is 24.3 Å². The summed E-state index contributed by atoms with van der Waals surface area (Å²) < 4.78 is 4.55. The summed E-state index contributed by atoms with van der Waals surface area (Å²) in [6.45, 7) is 0.944. The average molecular weight is 190 g/mol. The molecule has 0 saturated carbocycles. The lowest BCUT2D eigenvalue weighted by Crippen LogP contribution is -1.88. The third-order valence-corrected chi connectivity index (χ3v) is 1.83. The lowest BCUT2D eigenvalue weighted by molar-refractivity contribution is -0.128. The van der Waals surface area contributed by atoms with Gasteiger partial charge in [-0.1, -0.05) is 42.5 Å². The van der Waals surface area contributed by atoms with Crippen LogP contribution in [0.15, 0.2) is 42.5 Å². The summed E-state index contributed by atoms with van der Waals surface area (Å²) in [4.78, 5) is 9.81. The maximum Gasteiger partial charge on any atom is 0.293 e. The second-order valence-electron chi connectivity index (χ2n) is 2.92. The van der Waals surface area contributed by atoms with Crippen molar-refractivity contribution in [3.05, 3.63) is 48.0 Å². The number of allylic oxidation sites excluding steroid dienone is 1. The number of carbonyl (C=O) groups excluding carboxylic acids is 1. The molecule has 0 fully saturated rings. The van der Waals surface area contributed by atoms with E-state index < -0.39 is 0 Å². The Hall–Kier alpha value is -1.57. The molecule has 0 spiro atoms. The van der Waals surface area contributed by atoms with Crippen LogP contribution in [0.4, 0.5) is 0 Å². The van der Waals surface area contributed by atoms with Gasteiger partial charge in [-0.2, -0.15) is 0 Å². The molecule has 0 saturated heterocycles. The number of carbonyl (C=O) groups is 1. The molecule has 1 aromatic rings. The quantitative estimate of drug-likeness (QED) is 0.391. The molecule has 2 nitrogen and oxygen atoms in total. The molecule has 14 heavy (non-hydrogen) atoms. The summed E-state index contributed by atoms with van der Waals surface area (Å²) >= 11 is 0. The molecule has 0 unspecified atom stereocenters. The van der Waals surface area contributed by atoms with Crippen LogP contribution < -0.4 is 0 Å². The second-order valence-corrected chi connectivity index (χ2v) is 2.92. The molecule has 0 aliphatic heterocycles. The number of rotatable bonds is 6. The molecular formula is C12H14O2. The molecule has 1 rings (SSSR count). The van der Waals surface area contributed by atoms with E-state index >= 15 is 0 Å². The lowest BCUT2D eigenvalue weighted by Gasteiger charge is -1.94. The minimum atomic E-state index is 0.467. The smallest absolute Gasteiger partial charge is 0.293 e. The molecule has 0 heterocycles. The number of benzene rings is 1. The van der Waals surface area contributed by atoms with Crippen molar-refractivity contribution in [3.63, 3.8) is 0 Å². The Bertz CT molecular complexity index is 278. The predicted molar refractivity (Wildman–Crippen MR) is 55.9 cm³/mol. The van der Waals surface area contributed by atoms with Crippen LogP contribution in [0.3, 0.4) is 0 Å². The Kier molecular flexibility index (Phi) is 5.18. The van der Waals surface area contributed by atoms with Crippen LogP contribution in [-0.2, 0) is 16.0 Å². The van der Waals surface area contributed by atoms with Crippen LogP contribution >= 0.6 is 0 Å². The first-order valence-corrected chi connectivity index (χ1v) is 4.67. The van der Waals surface area contributed by atoms with Gasteiger partial charge < -0.3 is 4.74 Å². The molecule has 0 aliphatic carbocycles. The second kappa shape index (κ2) is 6.89. The van der Waals surface area contributed by atoms with Gasteiger partial charge in [-0.25, -0.2) is 0 Å². The van der Waals surface area contributed by atoms with Gasteiger partial charge in [0.2, 0.25) is 0 Å². The molecule has 0 radical (unpaired) electrons. The average Bonchev–Trinajstić information content (AvgIpc) is 2.25. The van der Waals surface area contributed by atoms with Crippen LogP contribution in [0.5, 0.6) is 0 Å². The Labute approximate surface area is 84.2 Å². The highest BCUT2D eigenvalue weighted by Gasteiger charge is 1.85. The number of hydrogen-bond acceptors (Lipinski definition) is 2. The van der Waals surface area contributed by atoms with Crippen LogP contribution in [0.1, 0.15) is 12.0 Å². The molecular weight excluding hydrogens is 176 g/mol. The van der Waals surface area contributed by atoms with Crippen molar-refractivity contribution < 1.29 is 9.53 Å². The Morgan fingerprint density at radius 1 is 1.14 bits per heavy atom. The molecule has 74 valence electrons. The standard InChI is InChI=1S/C12H14O2/c13-11-14-10-6-2-5-9-12-7-3-1-4-8-12/h1-5,7-8,11H,6,9-10H2. The van der Waals surface area contributed by atoms with Crippen molar-refractivity contribution in [1.82, 2.24) is 0 Å². The molecule has 0 N–H and O–H groups in total. The van der Waals surface area contributed by atoms with Crippen molar-refractivity contribution in [2.75, 3.05) is 6.61 Å². The molecule has 2 heteroatoms. The Balaban J connectivity index is 2.17. The summed E-state index contributed by atoms with van der Waals surface area (Å²) in [5.41, 5.74) is 1.29. The van der Waals surface area contributed by atoms with Crippen LogP contribution in [0.25, 0.3) is 0 Å². The van der Waals surface area contributed by atoms with Gasteiger partial charge in [0, 0.05) is 0 Å². The molecule has 0 aliphatic rings. The number of hydrogen-bond donors (Lipinski definition) is 0. The summed E-state index contributed by atoms with van der Waals surface area (Å²) in [5, 5.41) is 0. The summed E-state index contributed by atoms with van der Waals surface area (Å²) in [7, 11) is 0. The predicted octanol–water partition coefficient (Wildman–Crippen LogP) is 2.35. The molecule has 0 amide bonds. The zero-order valence-electron chi connectivity index (χ0n) is 8.06. The van der Waals surface area contributed by atoms with Gasteiger partial charge in [-0.3, -0.25) is 4.79 Å². The summed E-state index contributed by atoms with van der Waals surface area (Å²) in [6, 6.07) is 10.2. The van der Waals surface area contributed by atoms with E-state index in [1.165, 1.54) is 5.56 Å². The van der Waals surface area contributed by atoms with E-state index in [0.29, 0.717) is 13.1 Å². The van der Waals surface area contributed by atoms with E-state index in [-0.39, 0.29) is 0 Å². The largest absolute Gasteiger partial charge is 0.468 e. The summed E-state index contributed by atoms with van der Waals surface area (Å²) in [6.07, 6.45) is 5.83. The minimum Gasteiger partial charge on any atom is -0.468 e. The van der Waals surface area contributed by atoms with Crippen molar-refractivity contribution in [2.24, 2.45) is 0 Å². The molecule has 1 aromatic carbocycles. The summed E-state index contributed by atoms with van der Waals surface area (Å²) in [5.74, 6) is 0. The van der Waals surface area contributed by atoms with Gasteiger partial charge >= 0.3 is 0 Å². The Morgan fingerprint density at radius 2 is 1.93 bits per heavy atom. The van der Waals surface area contributed by atoms with E-state index in [0.717, 1.165) is 12.8 Å². The third kappa shape index (κ3) is 4.45. The van der Waals surface area contributed by atoms with Crippen LogP contribution in [0.2, 0.25) is 0 Å². The monoisotopic (exact) mass is 190 g/mol. The van der Waals surface area contributed by atoms with Crippen LogP contribution in [0, 0.1) is 0 Å². The first kappa shape index (κ1) is 10.5. The third-order valence-electron chi connectivity index (χ3n) is 1.83.